The third-order valence-electron chi connectivity index (χ3n) is 2.20. The number of hydrogen-bond donors (Lipinski definition) is 2. The van der Waals surface area contributed by atoms with Crippen molar-refractivity contribution in [3.63, 3.8) is 0 Å². The van der Waals surface area contributed by atoms with E-state index in [4.69, 9.17) is 5.11 Å². The number of hydrogen-bond acceptors (Lipinski definition) is 2. The Morgan fingerprint density at radius 1 is 1.33 bits per heavy atom. The molecule has 0 aliphatic carbocycles. The second-order valence-electron chi connectivity index (χ2n) is 3.58. The van der Waals surface area contributed by atoms with Crippen LogP contribution in [0.4, 0.5) is 17.6 Å². The van der Waals surface area contributed by atoms with E-state index >= 15 is 0 Å². The minimum atomic E-state index is -4.70. The molecule has 18 heavy (non-hydrogen) atoms. The van der Waals surface area contributed by atoms with Crippen LogP contribution in [0.5, 0.6) is 0 Å². The van der Waals surface area contributed by atoms with Gasteiger partial charge in [-0.05, 0) is 11.1 Å². The molecule has 7 heteroatoms. The molecule has 1 aromatic rings. The number of carbonyl (C=O) groups excluding carboxylic acids is 1. The number of aliphatic hydroxyl groups excluding tert-OH is 1. The molecule has 0 unspecified atom stereocenters. The van der Waals surface area contributed by atoms with Crippen LogP contribution in [-0.2, 0) is 17.9 Å². The summed E-state index contributed by atoms with van der Waals surface area (Å²) < 4.78 is 48.9. The van der Waals surface area contributed by atoms with Crippen molar-refractivity contribution >= 4 is 5.91 Å². The zero-order chi connectivity index (χ0) is 13.8. The first kappa shape index (κ1) is 14.4. The standard InChI is InChI=1S/C11H11F4NO2/c12-9(13)11(14,15)10(18)16-5-7-2-1-3-8(4-7)6-17/h1-4,9,17H,5-6H2,(H,16,18). The van der Waals surface area contributed by atoms with Crippen molar-refractivity contribution in [3.8, 4) is 0 Å². The van der Waals surface area contributed by atoms with Crippen molar-refractivity contribution in [1.29, 1.82) is 0 Å². The molecule has 1 aromatic carbocycles. The third kappa shape index (κ3) is 3.43. The zero-order valence-electron chi connectivity index (χ0n) is 9.17. The van der Waals surface area contributed by atoms with Gasteiger partial charge in [0.25, 0.3) is 5.91 Å². The normalized spacial score (nSPS) is 11.7. The van der Waals surface area contributed by atoms with Crippen molar-refractivity contribution in [1.82, 2.24) is 5.32 Å². The highest BCUT2D eigenvalue weighted by atomic mass is 19.3. The molecule has 0 aromatic heterocycles. The van der Waals surface area contributed by atoms with Crippen LogP contribution in [0.1, 0.15) is 11.1 Å². The maximum atomic E-state index is 12.6. The van der Waals surface area contributed by atoms with Crippen molar-refractivity contribution < 1.29 is 27.5 Å². The molecule has 0 bridgehead atoms. The molecular weight excluding hydrogens is 254 g/mol. The highest BCUT2D eigenvalue weighted by Gasteiger charge is 2.48. The molecule has 3 nitrogen and oxygen atoms in total. The Bertz CT molecular complexity index is 423. The van der Waals surface area contributed by atoms with Gasteiger partial charge >= 0.3 is 12.3 Å². The predicted molar refractivity (Wildman–Crippen MR) is 55.2 cm³/mol. The molecule has 0 fully saturated rings. The molecule has 0 atom stereocenters. The van der Waals surface area contributed by atoms with Crippen LogP contribution in [0, 0.1) is 0 Å². The molecule has 0 saturated heterocycles. The van der Waals surface area contributed by atoms with E-state index < -0.39 is 18.3 Å². The van der Waals surface area contributed by atoms with Gasteiger partial charge in [0, 0.05) is 6.54 Å². The summed E-state index contributed by atoms with van der Waals surface area (Å²) in [7, 11) is 0. The van der Waals surface area contributed by atoms with Gasteiger partial charge in [-0.15, -0.1) is 0 Å². The van der Waals surface area contributed by atoms with E-state index in [9.17, 15) is 22.4 Å². The van der Waals surface area contributed by atoms with Gasteiger partial charge in [0.05, 0.1) is 6.61 Å². The summed E-state index contributed by atoms with van der Waals surface area (Å²) >= 11 is 0. The summed E-state index contributed by atoms with van der Waals surface area (Å²) in [6.07, 6.45) is -4.04. The van der Waals surface area contributed by atoms with Gasteiger partial charge in [-0.1, -0.05) is 24.3 Å². The van der Waals surface area contributed by atoms with Crippen molar-refractivity contribution in [2.75, 3.05) is 0 Å². The van der Waals surface area contributed by atoms with Crippen LogP contribution in [0.2, 0.25) is 0 Å². The Morgan fingerprint density at radius 2 is 1.94 bits per heavy atom. The number of aliphatic hydroxyl groups is 1. The summed E-state index contributed by atoms with van der Waals surface area (Å²) in [5, 5.41) is 10.6. The molecule has 2 N–H and O–H groups in total. The first-order valence-electron chi connectivity index (χ1n) is 5.01. The average Bonchev–Trinajstić information content (AvgIpc) is 2.35. The number of alkyl halides is 4. The lowest BCUT2D eigenvalue weighted by Gasteiger charge is -2.14. The molecule has 0 aliphatic rings. The van der Waals surface area contributed by atoms with E-state index in [1.165, 1.54) is 12.1 Å². The number of benzene rings is 1. The van der Waals surface area contributed by atoms with E-state index in [-0.39, 0.29) is 13.2 Å². The maximum Gasteiger partial charge on any atom is 0.383 e. The second kappa shape index (κ2) is 5.81. The Kier molecular flexibility index (Phi) is 4.66. The molecule has 0 radical (unpaired) electrons. The summed E-state index contributed by atoms with van der Waals surface area (Å²) in [4.78, 5) is 10.8. The summed E-state index contributed by atoms with van der Waals surface area (Å²) in [6.45, 7) is -0.552. The molecule has 0 spiro atoms. The number of nitrogens with one attached hydrogen (secondary N) is 1. The molecule has 100 valence electrons. The van der Waals surface area contributed by atoms with Gasteiger partial charge in [-0.2, -0.15) is 8.78 Å². The Balaban J connectivity index is 2.62. The maximum absolute atomic E-state index is 12.6. The van der Waals surface area contributed by atoms with E-state index in [0.29, 0.717) is 11.1 Å². The minimum absolute atomic E-state index is 0.241. The zero-order valence-corrected chi connectivity index (χ0v) is 9.17. The highest BCUT2D eigenvalue weighted by molar-refractivity contribution is 5.83. The lowest BCUT2D eigenvalue weighted by molar-refractivity contribution is -0.169. The summed E-state index contributed by atoms with van der Waals surface area (Å²) in [6, 6.07) is 6.14. The molecule has 0 aliphatic heterocycles. The number of rotatable bonds is 5. The van der Waals surface area contributed by atoms with Crippen molar-refractivity contribution in [2.45, 2.75) is 25.5 Å². The lowest BCUT2D eigenvalue weighted by Crippen LogP contribution is -2.44. The predicted octanol–water partition coefficient (Wildman–Crippen LogP) is 1.70. The molecule has 0 saturated carbocycles. The van der Waals surface area contributed by atoms with Crippen molar-refractivity contribution in [2.24, 2.45) is 0 Å². The van der Waals surface area contributed by atoms with Crippen LogP contribution in [0.15, 0.2) is 24.3 Å². The topological polar surface area (TPSA) is 49.3 Å². The average molecular weight is 265 g/mol. The summed E-state index contributed by atoms with van der Waals surface area (Å²) in [5.41, 5.74) is 0.960. The van der Waals surface area contributed by atoms with E-state index in [1.54, 1.807) is 17.4 Å². The number of halogens is 4. The molecular formula is C11H11F4NO2. The van der Waals surface area contributed by atoms with Crippen LogP contribution in [-0.4, -0.2) is 23.4 Å². The van der Waals surface area contributed by atoms with Gasteiger partial charge in [0.15, 0.2) is 0 Å². The number of amides is 1. The fraction of sp³-hybridized carbons (Fsp3) is 0.364. The smallest absolute Gasteiger partial charge is 0.383 e. The molecule has 0 heterocycles. The first-order valence-corrected chi connectivity index (χ1v) is 5.01. The van der Waals surface area contributed by atoms with Crippen LogP contribution < -0.4 is 5.32 Å². The van der Waals surface area contributed by atoms with Crippen LogP contribution in [0.25, 0.3) is 0 Å². The fourth-order valence-electron chi connectivity index (χ4n) is 1.24. The second-order valence-corrected chi connectivity index (χ2v) is 3.58. The van der Waals surface area contributed by atoms with Crippen LogP contribution >= 0.6 is 0 Å². The monoisotopic (exact) mass is 265 g/mol. The first-order chi connectivity index (χ1) is 8.37. The molecule has 1 amide bonds. The summed E-state index contributed by atoms with van der Waals surface area (Å²) in [5.74, 6) is -6.72. The van der Waals surface area contributed by atoms with Gasteiger partial charge < -0.3 is 10.4 Å². The quantitative estimate of drug-likeness (QED) is 0.796. The van der Waals surface area contributed by atoms with Gasteiger partial charge in [0.1, 0.15) is 0 Å². The Labute approximate surface area is 100 Å². The Morgan fingerprint density at radius 3 is 2.50 bits per heavy atom. The minimum Gasteiger partial charge on any atom is -0.392 e. The molecule has 1 rings (SSSR count). The van der Waals surface area contributed by atoms with E-state index in [0.717, 1.165) is 0 Å². The largest absolute Gasteiger partial charge is 0.392 e. The van der Waals surface area contributed by atoms with Gasteiger partial charge in [-0.25, -0.2) is 8.78 Å². The van der Waals surface area contributed by atoms with Crippen LogP contribution in [0.3, 0.4) is 0 Å². The van der Waals surface area contributed by atoms with Gasteiger partial charge in [0.2, 0.25) is 0 Å². The van der Waals surface area contributed by atoms with E-state index in [1.807, 2.05) is 0 Å². The SMILES string of the molecule is O=C(NCc1cccc(CO)c1)C(F)(F)C(F)F. The Hall–Kier alpha value is -1.63. The number of carbonyl (C=O) groups is 1. The highest BCUT2D eigenvalue weighted by Crippen LogP contribution is 2.22. The lowest BCUT2D eigenvalue weighted by atomic mass is 10.1. The van der Waals surface area contributed by atoms with Gasteiger partial charge in [-0.3, -0.25) is 4.79 Å². The van der Waals surface area contributed by atoms with E-state index in [2.05, 4.69) is 0 Å². The third-order valence-corrected chi connectivity index (χ3v) is 2.20. The fourth-order valence-corrected chi connectivity index (χ4v) is 1.24. The van der Waals surface area contributed by atoms with Crippen molar-refractivity contribution in [3.05, 3.63) is 35.4 Å².